The van der Waals surface area contributed by atoms with Crippen LogP contribution < -0.4 is 10.6 Å². The van der Waals surface area contributed by atoms with Crippen LogP contribution in [0, 0.1) is 5.82 Å². The fourth-order valence-corrected chi connectivity index (χ4v) is 1.61. The Labute approximate surface area is 76.4 Å². The molecule has 2 heterocycles. The van der Waals surface area contributed by atoms with E-state index < -0.39 is 0 Å². The van der Waals surface area contributed by atoms with E-state index in [-0.39, 0.29) is 5.82 Å². The van der Waals surface area contributed by atoms with E-state index in [0.29, 0.717) is 11.5 Å². The molecule has 0 aliphatic carbocycles. The van der Waals surface area contributed by atoms with E-state index in [2.05, 4.69) is 4.98 Å². The van der Waals surface area contributed by atoms with Gasteiger partial charge in [-0.25, -0.2) is 9.37 Å². The zero-order chi connectivity index (χ0) is 9.26. The van der Waals surface area contributed by atoms with Crippen molar-refractivity contribution in [1.29, 1.82) is 0 Å². The molecular weight excluding hydrogens is 169 g/mol. The van der Waals surface area contributed by atoms with E-state index in [0.717, 1.165) is 25.9 Å². The number of nitrogens with two attached hydrogens (primary N) is 1. The fraction of sp³-hybridized carbons (Fsp3) is 0.444. The first-order valence-electron chi connectivity index (χ1n) is 4.43. The maximum Gasteiger partial charge on any atom is 0.167 e. The molecule has 2 N–H and O–H groups in total. The third-order valence-corrected chi connectivity index (χ3v) is 2.25. The second-order valence-electron chi connectivity index (χ2n) is 3.27. The molecule has 0 unspecified atom stereocenters. The highest BCUT2D eigenvalue weighted by atomic mass is 19.1. The molecule has 1 aromatic rings. The molecule has 1 saturated heterocycles. The summed E-state index contributed by atoms with van der Waals surface area (Å²) in [7, 11) is 0. The number of halogens is 1. The van der Waals surface area contributed by atoms with Crippen LogP contribution in [0.3, 0.4) is 0 Å². The van der Waals surface area contributed by atoms with Crippen LogP contribution in [0.5, 0.6) is 0 Å². The van der Waals surface area contributed by atoms with E-state index in [1.807, 2.05) is 4.90 Å². The minimum atomic E-state index is -0.318. The Morgan fingerprint density at radius 2 is 2.08 bits per heavy atom. The summed E-state index contributed by atoms with van der Waals surface area (Å²) in [5, 5.41) is 0. The number of nitrogen functional groups attached to an aromatic ring is 1. The molecule has 4 heteroatoms. The monoisotopic (exact) mass is 181 g/mol. The number of pyridine rings is 1. The number of anilines is 2. The molecule has 3 nitrogen and oxygen atoms in total. The van der Waals surface area contributed by atoms with Gasteiger partial charge in [0.2, 0.25) is 0 Å². The molecule has 1 aromatic heterocycles. The predicted molar refractivity (Wildman–Crippen MR) is 50.1 cm³/mol. The molecule has 0 atom stereocenters. The average Bonchev–Trinajstić information content (AvgIpc) is 2.56. The van der Waals surface area contributed by atoms with E-state index in [1.165, 1.54) is 12.3 Å². The SMILES string of the molecule is Nc1cnc(N2CCCC2)c(F)c1. The van der Waals surface area contributed by atoms with Gasteiger partial charge in [-0.3, -0.25) is 0 Å². The van der Waals surface area contributed by atoms with Crippen molar-refractivity contribution < 1.29 is 4.39 Å². The molecule has 0 amide bonds. The number of aromatic nitrogens is 1. The summed E-state index contributed by atoms with van der Waals surface area (Å²) in [5.41, 5.74) is 5.78. The van der Waals surface area contributed by atoms with Crippen molar-refractivity contribution in [2.75, 3.05) is 23.7 Å². The van der Waals surface area contributed by atoms with Crippen molar-refractivity contribution in [3.05, 3.63) is 18.1 Å². The van der Waals surface area contributed by atoms with Gasteiger partial charge in [-0.1, -0.05) is 0 Å². The molecule has 1 fully saturated rings. The summed E-state index contributed by atoms with van der Waals surface area (Å²) in [4.78, 5) is 5.94. The maximum absolute atomic E-state index is 13.3. The Morgan fingerprint density at radius 3 is 2.69 bits per heavy atom. The zero-order valence-corrected chi connectivity index (χ0v) is 7.33. The van der Waals surface area contributed by atoms with Crippen LogP contribution in [0.4, 0.5) is 15.9 Å². The van der Waals surface area contributed by atoms with Crippen LogP contribution in [-0.2, 0) is 0 Å². The smallest absolute Gasteiger partial charge is 0.167 e. The van der Waals surface area contributed by atoms with Crippen molar-refractivity contribution in [1.82, 2.24) is 4.98 Å². The van der Waals surface area contributed by atoms with Crippen molar-refractivity contribution >= 4 is 11.5 Å². The van der Waals surface area contributed by atoms with Gasteiger partial charge < -0.3 is 10.6 Å². The van der Waals surface area contributed by atoms with E-state index >= 15 is 0 Å². The Hall–Kier alpha value is -1.32. The third-order valence-electron chi connectivity index (χ3n) is 2.25. The van der Waals surface area contributed by atoms with Gasteiger partial charge in [0.25, 0.3) is 0 Å². The van der Waals surface area contributed by atoms with E-state index in [1.54, 1.807) is 0 Å². The number of rotatable bonds is 1. The largest absolute Gasteiger partial charge is 0.397 e. The predicted octanol–water partition coefficient (Wildman–Crippen LogP) is 1.40. The highest BCUT2D eigenvalue weighted by Crippen LogP contribution is 2.21. The Balaban J connectivity index is 2.29. The molecular formula is C9H12FN3. The van der Waals surface area contributed by atoms with Crippen molar-refractivity contribution in [2.24, 2.45) is 0 Å². The van der Waals surface area contributed by atoms with Crippen LogP contribution in [0.2, 0.25) is 0 Å². The molecule has 13 heavy (non-hydrogen) atoms. The molecule has 0 aromatic carbocycles. The first-order valence-corrected chi connectivity index (χ1v) is 4.43. The Morgan fingerprint density at radius 1 is 1.38 bits per heavy atom. The lowest BCUT2D eigenvalue weighted by molar-refractivity contribution is 0.616. The number of hydrogen-bond acceptors (Lipinski definition) is 3. The van der Waals surface area contributed by atoms with Gasteiger partial charge in [0.05, 0.1) is 11.9 Å². The van der Waals surface area contributed by atoms with Crippen molar-refractivity contribution in [3.63, 3.8) is 0 Å². The van der Waals surface area contributed by atoms with Gasteiger partial charge >= 0.3 is 0 Å². The summed E-state index contributed by atoms with van der Waals surface area (Å²) >= 11 is 0. The summed E-state index contributed by atoms with van der Waals surface area (Å²) < 4.78 is 13.3. The Bertz CT molecular complexity index is 308. The number of hydrogen-bond donors (Lipinski definition) is 1. The van der Waals surface area contributed by atoms with Crippen molar-refractivity contribution in [3.8, 4) is 0 Å². The van der Waals surface area contributed by atoms with Gasteiger partial charge in [-0.05, 0) is 12.8 Å². The maximum atomic E-state index is 13.3. The second-order valence-corrected chi connectivity index (χ2v) is 3.27. The van der Waals surface area contributed by atoms with Crippen molar-refractivity contribution in [2.45, 2.75) is 12.8 Å². The fourth-order valence-electron chi connectivity index (χ4n) is 1.61. The lowest BCUT2D eigenvalue weighted by Crippen LogP contribution is -2.20. The van der Waals surface area contributed by atoms with Crippen LogP contribution >= 0.6 is 0 Å². The summed E-state index contributed by atoms with van der Waals surface area (Å²) in [5.74, 6) is 0.119. The Kier molecular flexibility index (Phi) is 2.04. The molecule has 1 aliphatic rings. The van der Waals surface area contributed by atoms with Crippen LogP contribution in [-0.4, -0.2) is 18.1 Å². The standard InChI is InChI=1S/C9H12FN3/c10-8-5-7(11)6-12-9(8)13-3-1-2-4-13/h5-6H,1-4,11H2. The molecule has 0 saturated carbocycles. The first kappa shape index (κ1) is 8.29. The quantitative estimate of drug-likeness (QED) is 0.712. The van der Waals surface area contributed by atoms with Crippen LogP contribution in [0.1, 0.15) is 12.8 Å². The first-order chi connectivity index (χ1) is 6.27. The highest BCUT2D eigenvalue weighted by Gasteiger charge is 2.16. The van der Waals surface area contributed by atoms with Crippen LogP contribution in [0.15, 0.2) is 12.3 Å². The van der Waals surface area contributed by atoms with Gasteiger partial charge in [-0.15, -0.1) is 0 Å². The molecule has 0 spiro atoms. The van der Waals surface area contributed by atoms with E-state index in [4.69, 9.17) is 5.73 Å². The zero-order valence-electron chi connectivity index (χ0n) is 7.33. The van der Waals surface area contributed by atoms with E-state index in [9.17, 15) is 4.39 Å². The summed E-state index contributed by atoms with van der Waals surface area (Å²) in [6.07, 6.45) is 3.73. The van der Waals surface area contributed by atoms with Gasteiger partial charge in [0, 0.05) is 19.2 Å². The topological polar surface area (TPSA) is 42.1 Å². The molecule has 70 valence electrons. The minimum absolute atomic E-state index is 0.318. The second kappa shape index (κ2) is 3.20. The molecule has 2 rings (SSSR count). The number of nitrogens with zero attached hydrogens (tertiary/aromatic N) is 2. The lowest BCUT2D eigenvalue weighted by atomic mass is 10.4. The third kappa shape index (κ3) is 1.56. The summed E-state index contributed by atoms with van der Waals surface area (Å²) in [6.45, 7) is 1.79. The average molecular weight is 181 g/mol. The van der Waals surface area contributed by atoms with Crippen LogP contribution in [0.25, 0.3) is 0 Å². The summed E-state index contributed by atoms with van der Waals surface area (Å²) in [6, 6.07) is 1.32. The molecule has 1 aliphatic heterocycles. The highest BCUT2D eigenvalue weighted by molar-refractivity contribution is 5.47. The van der Waals surface area contributed by atoms with Gasteiger partial charge in [0.1, 0.15) is 0 Å². The van der Waals surface area contributed by atoms with Gasteiger partial charge in [-0.2, -0.15) is 0 Å². The normalized spacial score (nSPS) is 16.5. The molecule has 0 radical (unpaired) electrons. The van der Waals surface area contributed by atoms with Gasteiger partial charge in [0.15, 0.2) is 11.6 Å². The minimum Gasteiger partial charge on any atom is -0.397 e. The lowest BCUT2D eigenvalue weighted by Gasteiger charge is -2.16. The molecule has 0 bridgehead atoms.